The van der Waals surface area contributed by atoms with E-state index in [-0.39, 0.29) is 79.3 Å². The van der Waals surface area contributed by atoms with Crippen LogP contribution in [0, 0.1) is 0 Å². The molecule has 1 aliphatic heterocycles. The summed E-state index contributed by atoms with van der Waals surface area (Å²) < 4.78 is 39.2. The van der Waals surface area contributed by atoms with Gasteiger partial charge in [-0.15, -0.1) is 0 Å². The van der Waals surface area contributed by atoms with Crippen LogP contribution in [0.2, 0.25) is 0 Å². The fourth-order valence-electron chi connectivity index (χ4n) is 1.65. The van der Waals surface area contributed by atoms with Crippen molar-refractivity contribution in [1.82, 2.24) is 0 Å². The van der Waals surface area contributed by atoms with Gasteiger partial charge in [-0.2, -0.15) is 0 Å². The molecular weight excluding hydrogens is 778 g/mol. The van der Waals surface area contributed by atoms with Gasteiger partial charge >= 0.3 is 123 Å². The fraction of sp³-hybridized carbons (Fsp3) is 0.750. The van der Waals surface area contributed by atoms with E-state index in [4.69, 9.17) is 99.7 Å². The minimum atomic E-state index is -2.74. The van der Waals surface area contributed by atoms with Gasteiger partial charge in [0.2, 0.25) is 0 Å². The van der Waals surface area contributed by atoms with Gasteiger partial charge in [0.05, 0.1) is 52.9 Å². The van der Waals surface area contributed by atoms with Gasteiger partial charge in [-0.05, 0) is 0 Å². The first-order valence-corrected chi connectivity index (χ1v) is 22.7. The van der Waals surface area contributed by atoms with Crippen LogP contribution in [0.4, 0.5) is 0 Å². The van der Waals surface area contributed by atoms with Gasteiger partial charge in [-0.1, -0.05) is 0 Å². The molecule has 0 spiro atoms. The van der Waals surface area contributed by atoms with Crippen LogP contribution in [0.1, 0.15) is 0 Å². The maximum atomic E-state index is 11.4. The molecule has 38 heavy (non-hydrogen) atoms. The zero-order valence-electron chi connectivity index (χ0n) is 19.2. The Labute approximate surface area is 257 Å². The fourth-order valence-corrected chi connectivity index (χ4v) is 1.65. The SMILES string of the molecule is O=C1OCCOCCOCCOC(=O)C(=O)OCCOCCOCCOC1=O.[Cl][Mn]([Cl])([Cl])[Cl].[Cl][Mn]([Cl])([Cl])[Cl]. The zero-order valence-corrected chi connectivity index (χ0v) is 27.6. The van der Waals surface area contributed by atoms with Crippen LogP contribution < -0.4 is 0 Å². The van der Waals surface area contributed by atoms with Crippen molar-refractivity contribution >= 4 is 105 Å². The van der Waals surface area contributed by atoms with Crippen molar-refractivity contribution < 1.29 is 75.5 Å². The van der Waals surface area contributed by atoms with Crippen LogP contribution in [-0.4, -0.2) is 103 Å². The predicted molar refractivity (Wildman–Crippen MR) is 134 cm³/mol. The molecular formula is C16H24Cl8Mn2O12. The Balaban J connectivity index is 0. The van der Waals surface area contributed by atoms with E-state index in [0.717, 1.165) is 0 Å². The van der Waals surface area contributed by atoms with Crippen molar-refractivity contribution in [1.29, 1.82) is 0 Å². The number of cyclic esters (lactones) is 4. The van der Waals surface area contributed by atoms with E-state index in [0.29, 0.717) is 0 Å². The molecule has 0 atom stereocenters. The van der Waals surface area contributed by atoms with Crippen molar-refractivity contribution in [3.8, 4) is 0 Å². The van der Waals surface area contributed by atoms with E-state index in [1.807, 2.05) is 0 Å². The molecule has 0 aliphatic carbocycles. The second-order valence-corrected chi connectivity index (χ2v) is 29.0. The Hall–Kier alpha value is 1.08. The predicted octanol–water partition coefficient (Wildman–Crippen LogP) is 3.75. The molecule has 12 nitrogen and oxygen atoms in total. The van der Waals surface area contributed by atoms with E-state index in [1.54, 1.807) is 0 Å². The molecule has 0 amide bonds. The number of hydrogen-bond acceptors (Lipinski definition) is 12. The summed E-state index contributed by atoms with van der Waals surface area (Å²) in [5.74, 6) is -4.47. The molecule has 0 aromatic carbocycles. The van der Waals surface area contributed by atoms with Crippen molar-refractivity contribution in [3.05, 3.63) is 0 Å². The van der Waals surface area contributed by atoms with E-state index in [2.05, 4.69) is 18.9 Å². The maximum absolute atomic E-state index is 11.4. The van der Waals surface area contributed by atoms with Gasteiger partial charge in [0, 0.05) is 0 Å². The molecule has 1 rings (SSSR count). The molecule has 0 aromatic heterocycles. The van der Waals surface area contributed by atoms with E-state index < -0.39 is 42.3 Å². The first-order chi connectivity index (χ1) is 17.6. The van der Waals surface area contributed by atoms with Gasteiger partial charge < -0.3 is 37.9 Å². The van der Waals surface area contributed by atoms with E-state index in [1.165, 1.54) is 0 Å². The summed E-state index contributed by atoms with van der Waals surface area (Å²) in [6.45, 7) is 0.512. The monoisotopic (exact) mass is 798 g/mol. The number of ether oxygens (including phenoxy) is 8. The summed E-state index contributed by atoms with van der Waals surface area (Å²) in [4.78, 5) is 45.4. The van der Waals surface area contributed by atoms with Crippen LogP contribution in [0.15, 0.2) is 0 Å². The third-order valence-electron chi connectivity index (χ3n) is 2.92. The quantitative estimate of drug-likeness (QED) is 0.153. The Morgan fingerprint density at radius 1 is 0.342 bits per heavy atom. The summed E-state index contributed by atoms with van der Waals surface area (Å²) in [5, 5.41) is 0. The van der Waals surface area contributed by atoms with E-state index >= 15 is 0 Å². The van der Waals surface area contributed by atoms with Gasteiger partial charge in [0.1, 0.15) is 26.4 Å². The van der Waals surface area contributed by atoms with Crippen molar-refractivity contribution in [2.24, 2.45) is 0 Å². The van der Waals surface area contributed by atoms with Gasteiger partial charge in [-0.3, -0.25) is 0 Å². The first-order valence-electron chi connectivity index (χ1n) is 9.74. The standard InChI is InChI=1S/C16H24O12.8ClH.2Mn/c17-13-14(18)27-11-7-23-3-4-24-8-12-28-16(20)15(19)26-10-6-22-2-1-21-5-9-25-13;;;;;;;;;;/h1-12H2;8*1H;;/q;;;;;;;;;2*+4/p-8. The molecule has 22 heteroatoms. The molecule has 1 fully saturated rings. The molecule has 230 valence electrons. The Morgan fingerprint density at radius 2 is 0.474 bits per heavy atom. The normalized spacial score (nSPS) is 19.8. The Morgan fingerprint density at radius 3 is 0.632 bits per heavy atom. The summed E-state index contributed by atoms with van der Waals surface area (Å²) in [6.07, 6.45) is 0. The Bertz CT molecular complexity index is 570. The van der Waals surface area contributed by atoms with Crippen LogP contribution in [0.25, 0.3) is 0 Å². The van der Waals surface area contributed by atoms with E-state index in [9.17, 15) is 19.2 Å². The summed E-state index contributed by atoms with van der Waals surface area (Å²) >= 11 is 0. The average molecular weight is 802 g/mol. The van der Waals surface area contributed by atoms with Crippen LogP contribution >= 0.6 is 80.8 Å². The van der Waals surface area contributed by atoms with Gasteiger partial charge in [0.25, 0.3) is 0 Å². The summed E-state index contributed by atoms with van der Waals surface area (Å²) in [5.41, 5.74) is 0. The second kappa shape index (κ2) is 25.8. The van der Waals surface area contributed by atoms with Crippen molar-refractivity contribution in [2.75, 3.05) is 79.3 Å². The third kappa shape index (κ3) is 39.2. The average Bonchev–Trinajstić information content (AvgIpc) is 2.78. The molecule has 0 unspecified atom stereocenters. The molecule has 1 heterocycles. The summed E-state index contributed by atoms with van der Waals surface area (Å²) in [7, 11) is 34.3. The summed E-state index contributed by atoms with van der Waals surface area (Å²) in [6, 6.07) is 0. The van der Waals surface area contributed by atoms with Crippen LogP contribution in [0.5, 0.6) is 0 Å². The molecule has 0 aromatic rings. The van der Waals surface area contributed by atoms with Crippen LogP contribution in [-0.2, 0) is 75.5 Å². The topological polar surface area (TPSA) is 142 Å². The van der Waals surface area contributed by atoms with Crippen molar-refractivity contribution in [2.45, 2.75) is 0 Å². The Kier molecular flexibility index (Phi) is 27.9. The van der Waals surface area contributed by atoms with Gasteiger partial charge in [0.15, 0.2) is 0 Å². The van der Waals surface area contributed by atoms with Crippen LogP contribution in [0.3, 0.4) is 0 Å². The second-order valence-electron chi connectivity index (χ2n) is 5.64. The number of halogens is 8. The molecule has 0 radical (unpaired) electrons. The molecule has 0 bridgehead atoms. The number of rotatable bonds is 0. The van der Waals surface area contributed by atoms with Crippen molar-refractivity contribution in [3.63, 3.8) is 0 Å². The number of esters is 4. The minimum absolute atomic E-state index is 0.0618. The zero-order chi connectivity index (χ0) is 29.5. The number of carbonyl (C=O) groups excluding carboxylic acids is 4. The molecule has 1 saturated heterocycles. The molecule has 1 aliphatic rings. The molecule has 0 N–H and O–H groups in total. The van der Waals surface area contributed by atoms with Gasteiger partial charge in [-0.25, -0.2) is 19.2 Å². The molecule has 0 saturated carbocycles. The number of carbonyl (C=O) groups is 4. The number of hydrogen-bond donors (Lipinski definition) is 0. The third-order valence-corrected chi connectivity index (χ3v) is 2.92. The first kappa shape index (κ1) is 41.2.